The quantitative estimate of drug-likeness (QED) is 0.669. The molecule has 72 valence electrons. The van der Waals surface area contributed by atoms with Gasteiger partial charge in [0.1, 0.15) is 11.3 Å². The maximum Gasteiger partial charge on any atom is 0.208 e. The summed E-state index contributed by atoms with van der Waals surface area (Å²) in [6.45, 7) is 8.33. The van der Waals surface area contributed by atoms with Gasteiger partial charge >= 0.3 is 0 Å². The lowest BCUT2D eigenvalue weighted by atomic mass is 10.7. The van der Waals surface area contributed by atoms with E-state index in [0.717, 1.165) is 0 Å². The first kappa shape index (κ1) is 14.1. The molecular formula is C8H18N2OS. The summed E-state index contributed by atoms with van der Waals surface area (Å²) >= 11 is 3.90. The predicted molar refractivity (Wildman–Crippen MR) is 54.3 cm³/mol. The summed E-state index contributed by atoms with van der Waals surface area (Å²) in [5, 5.41) is 0.574. The van der Waals surface area contributed by atoms with E-state index in [9.17, 15) is 0 Å². The Kier molecular flexibility index (Phi) is 12.3. The summed E-state index contributed by atoms with van der Waals surface area (Å²) in [4.78, 5) is 3.80. The lowest BCUT2D eigenvalue weighted by molar-refractivity contribution is 0.497. The summed E-state index contributed by atoms with van der Waals surface area (Å²) in [7, 11) is 0. The molecule has 0 bridgehead atoms. The molecule has 4 heteroatoms. The summed E-state index contributed by atoms with van der Waals surface area (Å²) < 4.78 is 4.80. The van der Waals surface area contributed by atoms with Crippen LogP contribution in [0.5, 0.6) is 0 Å². The van der Waals surface area contributed by atoms with Crippen LogP contribution in [0.1, 0.15) is 33.6 Å². The molecule has 0 saturated carbocycles. The second-order valence-electron chi connectivity index (χ2n) is 1.30. The zero-order chi connectivity index (χ0) is 9.98. The van der Waals surface area contributed by atoms with E-state index in [1.165, 1.54) is 6.26 Å². The average molecular weight is 190 g/mol. The van der Waals surface area contributed by atoms with Crippen molar-refractivity contribution in [2.75, 3.05) is 0 Å². The molecule has 3 nitrogen and oxygen atoms in total. The maximum atomic E-state index is 5.17. The number of oxazole rings is 1. The van der Waals surface area contributed by atoms with E-state index < -0.39 is 0 Å². The molecule has 0 spiro atoms. The smallest absolute Gasteiger partial charge is 0.208 e. The van der Waals surface area contributed by atoms with Crippen molar-refractivity contribution >= 4 is 12.6 Å². The molecule has 0 aliphatic rings. The lowest BCUT2D eigenvalue weighted by Gasteiger charge is -1.78. The Bertz CT molecular complexity index is 177. The van der Waals surface area contributed by atoms with Gasteiger partial charge in [0.15, 0.2) is 0 Å². The topological polar surface area (TPSA) is 52.0 Å². The van der Waals surface area contributed by atoms with E-state index in [1.54, 1.807) is 0 Å². The molecule has 0 aliphatic carbocycles. The van der Waals surface area contributed by atoms with Crippen LogP contribution in [0.2, 0.25) is 0 Å². The van der Waals surface area contributed by atoms with Gasteiger partial charge in [0.25, 0.3) is 0 Å². The van der Waals surface area contributed by atoms with Crippen LogP contribution in [0.3, 0.4) is 0 Å². The number of hydrogen-bond donors (Lipinski definition) is 2. The molecule has 2 N–H and O–H groups in total. The average Bonchev–Trinajstić information content (AvgIpc) is 2.58. The lowest BCUT2D eigenvalue weighted by Crippen LogP contribution is -1.95. The molecule has 1 rings (SSSR count). The maximum absolute atomic E-state index is 5.17. The molecule has 1 aromatic rings. The molecular weight excluding hydrogens is 172 g/mol. The number of rotatable bonds is 1. The van der Waals surface area contributed by atoms with Gasteiger partial charge in [-0.1, -0.05) is 27.7 Å². The van der Waals surface area contributed by atoms with Crippen molar-refractivity contribution in [2.24, 2.45) is 5.73 Å². The Morgan fingerprint density at radius 3 is 2.08 bits per heavy atom. The first-order valence-electron chi connectivity index (χ1n) is 4.16. The van der Waals surface area contributed by atoms with E-state index in [4.69, 9.17) is 10.2 Å². The van der Waals surface area contributed by atoms with Crippen molar-refractivity contribution in [3.8, 4) is 0 Å². The molecule has 1 heterocycles. The number of hydrogen-bond acceptors (Lipinski definition) is 4. The highest BCUT2D eigenvalue weighted by Crippen LogP contribution is 2.03. The normalized spacial score (nSPS) is 7.50. The van der Waals surface area contributed by atoms with E-state index in [2.05, 4.69) is 17.6 Å². The standard InChI is InChI=1S/C4H6N2OS.2C2H6/c5-1-3-6-4(8)2-7-3;2*1-2/h2,8H,1,5H2;2*1-2H3. The van der Waals surface area contributed by atoms with Gasteiger partial charge in [-0.05, 0) is 0 Å². The third kappa shape index (κ3) is 6.24. The van der Waals surface area contributed by atoms with Gasteiger partial charge < -0.3 is 10.2 Å². The molecule has 0 aliphatic heterocycles. The van der Waals surface area contributed by atoms with Gasteiger partial charge in [0.05, 0.1) is 6.54 Å². The van der Waals surface area contributed by atoms with Gasteiger partial charge in [0.2, 0.25) is 5.89 Å². The van der Waals surface area contributed by atoms with Crippen molar-refractivity contribution in [1.82, 2.24) is 4.98 Å². The van der Waals surface area contributed by atoms with Crippen LogP contribution in [0, 0.1) is 0 Å². The van der Waals surface area contributed by atoms with Gasteiger partial charge in [-0.25, -0.2) is 4.98 Å². The molecule has 1 aromatic heterocycles. The molecule has 0 aromatic carbocycles. The fraction of sp³-hybridized carbons (Fsp3) is 0.625. The Labute approximate surface area is 79.8 Å². The van der Waals surface area contributed by atoms with Gasteiger partial charge in [0, 0.05) is 0 Å². The molecule has 0 fully saturated rings. The highest BCUT2D eigenvalue weighted by Gasteiger charge is 1.94. The highest BCUT2D eigenvalue weighted by atomic mass is 32.1. The Balaban J connectivity index is 0. The Hall–Kier alpha value is -0.480. The summed E-state index contributed by atoms with van der Waals surface area (Å²) in [5.74, 6) is 0.523. The first-order chi connectivity index (χ1) is 5.83. The van der Waals surface area contributed by atoms with Crippen molar-refractivity contribution in [2.45, 2.75) is 39.3 Å². The highest BCUT2D eigenvalue weighted by molar-refractivity contribution is 7.80. The minimum Gasteiger partial charge on any atom is -0.446 e. The third-order valence-corrected chi connectivity index (χ3v) is 0.920. The molecule has 0 amide bonds. The van der Waals surface area contributed by atoms with Crippen molar-refractivity contribution < 1.29 is 4.42 Å². The first-order valence-corrected chi connectivity index (χ1v) is 4.61. The number of nitrogens with zero attached hydrogens (tertiary/aromatic N) is 1. The van der Waals surface area contributed by atoms with Gasteiger partial charge in [-0.2, -0.15) is 0 Å². The van der Waals surface area contributed by atoms with Crippen LogP contribution in [-0.2, 0) is 6.54 Å². The second kappa shape index (κ2) is 10.5. The fourth-order valence-corrected chi connectivity index (χ4v) is 0.559. The van der Waals surface area contributed by atoms with E-state index >= 15 is 0 Å². The Morgan fingerprint density at radius 1 is 1.42 bits per heavy atom. The minimum atomic E-state index is 0.334. The summed E-state index contributed by atoms with van der Waals surface area (Å²) in [6, 6.07) is 0. The van der Waals surface area contributed by atoms with Crippen LogP contribution in [0.4, 0.5) is 0 Å². The molecule has 0 atom stereocenters. The second-order valence-corrected chi connectivity index (χ2v) is 1.76. The largest absolute Gasteiger partial charge is 0.446 e. The molecule has 0 radical (unpaired) electrons. The van der Waals surface area contributed by atoms with Crippen molar-refractivity contribution in [3.63, 3.8) is 0 Å². The number of nitrogens with two attached hydrogens (primary N) is 1. The number of thiol groups is 1. The monoisotopic (exact) mass is 190 g/mol. The Morgan fingerprint density at radius 2 is 1.92 bits per heavy atom. The predicted octanol–water partition coefficient (Wildman–Crippen LogP) is 2.47. The van der Waals surface area contributed by atoms with E-state index in [1.807, 2.05) is 27.7 Å². The van der Waals surface area contributed by atoms with E-state index in [0.29, 0.717) is 17.5 Å². The van der Waals surface area contributed by atoms with E-state index in [-0.39, 0.29) is 0 Å². The molecule has 0 saturated heterocycles. The van der Waals surface area contributed by atoms with Crippen LogP contribution >= 0.6 is 12.6 Å². The van der Waals surface area contributed by atoms with Crippen molar-refractivity contribution in [1.29, 1.82) is 0 Å². The minimum absolute atomic E-state index is 0.334. The SMILES string of the molecule is CC.CC.NCc1nc(S)co1. The van der Waals surface area contributed by atoms with Gasteiger partial charge in [-0.3, -0.25) is 0 Å². The van der Waals surface area contributed by atoms with Crippen LogP contribution in [0.25, 0.3) is 0 Å². The molecule has 0 unspecified atom stereocenters. The van der Waals surface area contributed by atoms with Crippen LogP contribution in [-0.4, -0.2) is 4.98 Å². The van der Waals surface area contributed by atoms with Gasteiger partial charge in [-0.15, -0.1) is 12.6 Å². The number of aromatic nitrogens is 1. The summed E-state index contributed by atoms with van der Waals surface area (Å²) in [6.07, 6.45) is 1.45. The van der Waals surface area contributed by atoms with Crippen molar-refractivity contribution in [3.05, 3.63) is 12.2 Å². The summed E-state index contributed by atoms with van der Waals surface area (Å²) in [5.41, 5.74) is 5.17. The van der Waals surface area contributed by atoms with Crippen LogP contribution in [0.15, 0.2) is 15.7 Å². The zero-order valence-electron chi connectivity index (χ0n) is 8.16. The zero-order valence-corrected chi connectivity index (χ0v) is 9.06. The third-order valence-electron chi connectivity index (χ3n) is 0.714. The van der Waals surface area contributed by atoms with Crippen LogP contribution < -0.4 is 5.73 Å². The fourth-order valence-electron chi connectivity index (χ4n) is 0.395. The molecule has 12 heavy (non-hydrogen) atoms.